The molecule has 0 aromatic heterocycles. The molecule has 5 nitrogen and oxygen atoms in total. The standard InChI is InChI=1S/C23H21BrClNO4/c1-2-29-21-12-15(13-26-18-9-7-16(8-10-18)23(27)28)11-19(24)22(21)30-14-17-5-3-4-6-20(17)25/h3-12,26H,2,13-14H2,1H3,(H,27,28). The first-order valence-corrected chi connectivity index (χ1v) is 10.5. The van der Waals surface area contributed by atoms with Crippen molar-refractivity contribution in [2.45, 2.75) is 20.1 Å². The van der Waals surface area contributed by atoms with Crippen LogP contribution < -0.4 is 14.8 Å². The lowest BCUT2D eigenvalue weighted by Crippen LogP contribution is -2.04. The molecule has 7 heteroatoms. The summed E-state index contributed by atoms with van der Waals surface area (Å²) in [6, 6.07) is 18.0. The molecule has 156 valence electrons. The van der Waals surface area contributed by atoms with Crippen molar-refractivity contribution < 1.29 is 19.4 Å². The predicted octanol–water partition coefficient (Wildman–Crippen LogP) is 6.39. The fourth-order valence-electron chi connectivity index (χ4n) is 2.83. The average molecular weight is 491 g/mol. The third-order valence-electron chi connectivity index (χ3n) is 4.33. The molecule has 0 atom stereocenters. The second-order valence-corrected chi connectivity index (χ2v) is 7.72. The van der Waals surface area contributed by atoms with Crippen molar-refractivity contribution >= 4 is 39.2 Å². The summed E-state index contributed by atoms with van der Waals surface area (Å²) in [5.41, 5.74) is 2.96. The van der Waals surface area contributed by atoms with Crippen LogP contribution in [0.3, 0.4) is 0 Å². The average Bonchev–Trinajstić information content (AvgIpc) is 2.73. The van der Waals surface area contributed by atoms with Gasteiger partial charge in [0.15, 0.2) is 11.5 Å². The lowest BCUT2D eigenvalue weighted by Gasteiger charge is -2.16. The Kier molecular flexibility index (Phi) is 7.60. The van der Waals surface area contributed by atoms with Gasteiger partial charge >= 0.3 is 5.97 Å². The number of aromatic carboxylic acids is 1. The summed E-state index contributed by atoms with van der Waals surface area (Å²) >= 11 is 9.80. The predicted molar refractivity (Wildman–Crippen MR) is 122 cm³/mol. The molecular formula is C23H21BrClNO4. The van der Waals surface area contributed by atoms with E-state index in [9.17, 15) is 4.79 Å². The maximum Gasteiger partial charge on any atom is 0.335 e. The van der Waals surface area contributed by atoms with Crippen LogP contribution in [-0.4, -0.2) is 17.7 Å². The van der Waals surface area contributed by atoms with E-state index in [2.05, 4.69) is 21.2 Å². The second-order valence-electron chi connectivity index (χ2n) is 6.45. The van der Waals surface area contributed by atoms with Gasteiger partial charge in [-0.25, -0.2) is 4.79 Å². The van der Waals surface area contributed by atoms with Crippen LogP contribution in [0.1, 0.15) is 28.4 Å². The minimum atomic E-state index is -0.945. The van der Waals surface area contributed by atoms with Crippen molar-refractivity contribution in [2.24, 2.45) is 0 Å². The van der Waals surface area contributed by atoms with Crippen molar-refractivity contribution in [3.63, 3.8) is 0 Å². The third-order valence-corrected chi connectivity index (χ3v) is 5.29. The van der Waals surface area contributed by atoms with Crippen LogP contribution >= 0.6 is 27.5 Å². The Hall–Kier alpha value is -2.70. The van der Waals surface area contributed by atoms with Gasteiger partial charge in [-0.2, -0.15) is 0 Å². The summed E-state index contributed by atoms with van der Waals surface area (Å²) in [6.45, 7) is 3.28. The molecule has 0 aliphatic heterocycles. The molecule has 0 unspecified atom stereocenters. The Morgan fingerprint density at radius 1 is 1.10 bits per heavy atom. The highest BCUT2D eigenvalue weighted by molar-refractivity contribution is 9.10. The molecule has 0 radical (unpaired) electrons. The van der Waals surface area contributed by atoms with Crippen LogP contribution in [0.15, 0.2) is 65.1 Å². The highest BCUT2D eigenvalue weighted by atomic mass is 79.9. The SMILES string of the molecule is CCOc1cc(CNc2ccc(C(=O)O)cc2)cc(Br)c1OCc1ccccc1Cl. The first kappa shape index (κ1) is 22.0. The van der Waals surface area contributed by atoms with Crippen LogP contribution in [0.4, 0.5) is 5.69 Å². The highest BCUT2D eigenvalue weighted by Crippen LogP contribution is 2.38. The number of halogens is 2. The lowest BCUT2D eigenvalue weighted by molar-refractivity contribution is 0.0697. The van der Waals surface area contributed by atoms with Crippen molar-refractivity contribution in [1.82, 2.24) is 0 Å². The molecule has 3 aromatic rings. The number of hydrogen-bond donors (Lipinski definition) is 2. The Balaban J connectivity index is 1.73. The molecular weight excluding hydrogens is 470 g/mol. The minimum absolute atomic E-state index is 0.252. The number of nitrogens with one attached hydrogen (secondary N) is 1. The zero-order chi connectivity index (χ0) is 21.5. The van der Waals surface area contributed by atoms with Gasteiger partial charge in [0.1, 0.15) is 6.61 Å². The van der Waals surface area contributed by atoms with Gasteiger partial charge < -0.3 is 19.9 Å². The number of ether oxygens (including phenoxy) is 2. The topological polar surface area (TPSA) is 67.8 Å². The summed E-state index contributed by atoms with van der Waals surface area (Å²) in [4.78, 5) is 11.0. The number of carboxylic acids is 1. The van der Waals surface area contributed by atoms with Crippen molar-refractivity contribution in [3.8, 4) is 11.5 Å². The monoisotopic (exact) mass is 489 g/mol. The Labute approximate surface area is 188 Å². The fourth-order valence-corrected chi connectivity index (χ4v) is 3.62. The van der Waals surface area contributed by atoms with Crippen LogP contribution in [0.2, 0.25) is 5.02 Å². The molecule has 0 spiro atoms. The number of benzene rings is 3. The molecule has 0 saturated heterocycles. The third kappa shape index (κ3) is 5.68. The summed E-state index contributed by atoms with van der Waals surface area (Å²) in [5, 5.41) is 12.9. The van der Waals surface area contributed by atoms with E-state index in [1.807, 2.05) is 43.3 Å². The number of hydrogen-bond acceptors (Lipinski definition) is 4. The van der Waals surface area contributed by atoms with Gasteiger partial charge in [-0.1, -0.05) is 29.8 Å². The van der Waals surface area contributed by atoms with E-state index in [0.717, 1.165) is 21.3 Å². The largest absolute Gasteiger partial charge is 0.490 e. The van der Waals surface area contributed by atoms with Gasteiger partial charge in [0, 0.05) is 22.8 Å². The van der Waals surface area contributed by atoms with E-state index in [4.69, 9.17) is 26.2 Å². The zero-order valence-electron chi connectivity index (χ0n) is 16.3. The number of rotatable bonds is 9. The Bertz CT molecular complexity index is 1020. The van der Waals surface area contributed by atoms with Gasteiger partial charge in [0.25, 0.3) is 0 Å². The second kappa shape index (κ2) is 10.4. The maximum atomic E-state index is 11.0. The molecule has 0 amide bonds. The molecule has 2 N–H and O–H groups in total. The highest BCUT2D eigenvalue weighted by Gasteiger charge is 2.13. The Morgan fingerprint density at radius 2 is 1.83 bits per heavy atom. The summed E-state index contributed by atoms with van der Waals surface area (Å²) in [7, 11) is 0. The lowest BCUT2D eigenvalue weighted by atomic mass is 10.1. The van der Waals surface area contributed by atoms with E-state index < -0.39 is 5.97 Å². The summed E-state index contributed by atoms with van der Waals surface area (Å²) < 4.78 is 12.6. The normalized spacial score (nSPS) is 10.5. The molecule has 0 aliphatic rings. The van der Waals surface area contributed by atoms with Gasteiger partial charge in [0.05, 0.1) is 16.6 Å². The quantitative estimate of drug-likeness (QED) is 0.364. The fraction of sp³-hybridized carbons (Fsp3) is 0.174. The molecule has 0 aliphatic carbocycles. The van der Waals surface area contributed by atoms with E-state index in [-0.39, 0.29) is 5.56 Å². The summed E-state index contributed by atoms with van der Waals surface area (Å²) in [5.74, 6) is 0.308. The zero-order valence-corrected chi connectivity index (χ0v) is 18.7. The number of anilines is 1. The molecule has 3 rings (SSSR count). The van der Waals surface area contributed by atoms with E-state index in [1.54, 1.807) is 24.3 Å². The molecule has 0 saturated carbocycles. The van der Waals surface area contributed by atoms with Crippen LogP contribution in [0.25, 0.3) is 0 Å². The Morgan fingerprint density at radius 3 is 2.50 bits per heavy atom. The molecule has 30 heavy (non-hydrogen) atoms. The van der Waals surface area contributed by atoms with Crippen LogP contribution in [0, 0.1) is 0 Å². The van der Waals surface area contributed by atoms with Gasteiger partial charge in [-0.15, -0.1) is 0 Å². The first-order valence-electron chi connectivity index (χ1n) is 9.36. The molecule has 0 bridgehead atoms. The van der Waals surface area contributed by atoms with Gasteiger partial charge in [-0.05, 0) is 70.9 Å². The van der Waals surface area contributed by atoms with Gasteiger partial charge in [-0.3, -0.25) is 0 Å². The maximum absolute atomic E-state index is 11.0. The number of carboxylic acid groups (broad SMARTS) is 1. The van der Waals surface area contributed by atoms with E-state index in [0.29, 0.717) is 36.3 Å². The first-order chi connectivity index (χ1) is 14.5. The number of carbonyl (C=O) groups is 1. The van der Waals surface area contributed by atoms with Crippen molar-refractivity contribution in [2.75, 3.05) is 11.9 Å². The minimum Gasteiger partial charge on any atom is -0.490 e. The van der Waals surface area contributed by atoms with Gasteiger partial charge in [0.2, 0.25) is 0 Å². The molecule has 3 aromatic carbocycles. The molecule has 0 fully saturated rings. The van der Waals surface area contributed by atoms with Crippen LogP contribution in [-0.2, 0) is 13.2 Å². The van der Waals surface area contributed by atoms with E-state index >= 15 is 0 Å². The smallest absolute Gasteiger partial charge is 0.335 e. The van der Waals surface area contributed by atoms with Crippen molar-refractivity contribution in [3.05, 3.63) is 86.8 Å². The summed E-state index contributed by atoms with van der Waals surface area (Å²) in [6.07, 6.45) is 0. The van der Waals surface area contributed by atoms with Crippen molar-refractivity contribution in [1.29, 1.82) is 0 Å². The van der Waals surface area contributed by atoms with Crippen LogP contribution in [0.5, 0.6) is 11.5 Å². The molecule has 0 heterocycles. The van der Waals surface area contributed by atoms with E-state index in [1.165, 1.54) is 0 Å².